The summed E-state index contributed by atoms with van der Waals surface area (Å²) in [5.41, 5.74) is 1.56. The summed E-state index contributed by atoms with van der Waals surface area (Å²) in [7, 11) is 1.31. The van der Waals surface area contributed by atoms with E-state index in [1.807, 2.05) is 0 Å². The highest BCUT2D eigenvalue weighted by atomic mass is 35.5. The summed E-state index contributed by atoms with van der Waals surface area (Å²) in [5, 5.41) is 21.5. The number of nitro groups is 1. The smallest absolute Gasteiger partial charge is 0.271 e. The molecule has 1 saturated carbocycles. The van der Waals surface area contributed by atoms with Crippen LogP contribution in [0.15, 0.2) is 65.9 Å². The Kier molecular flexibility index (Phi) is 5.87. The van der Waals surface area contributed by atoms with Crippen molar-refractivity contribution in [2.75, 3.05) is 11.9 Å². The van der Waals surface area contributed by atoms with Crippen LogP contribution in [0.2, 0.25) is 0 Å². The van der Waals surface area contributed by atoms with Gasteiger partial charge in [0.2, 0.25) is 11.8 Å². The zero-order valence-corrected chi connectivity index (χ0v) is 24.0. The van der Waals surface area contributed by atoms with Crippen molar-refractivity contribution in [3.8, 4) is 11.5 Å². The maximum absolute atomic E-state index is 14.1. The van der Waals surface area contributed by atoms with Gasteiger partial charge in [-0.05, 0) is 48.6 Å². The number of ether oxygens (including phenoxy) is 1. The molecule has 3 aliphatic heterocycles. The highest BCUT2D eigenvalue weighted by molar-refractivity contribution is 6.53. The lowest BCUT2D eigenvalue weighted by Crippen LogP contribution is -2.61. The zero-order chi connectivity index (χ0) is 30.6. The number of allylic oxidation sites excluding steroid dienone is 3. The van der Waals surface area contributed by atoms with Gasteiger partial charge in [0.25, 0.3) is 17.5 Å². The van der Waals surface area contributed by atoms with Crippen LogP contribution in [0.5, 0.6) is 11.5 Å². The molecule has 5 aliphatic rings. The van der Waals surface area contributed by atoms with Crippen LogP contribution in [-0.4, -0.2) is 55.4 Å². The number of nitrogens with zero attached hydrogens (tertiary/aromatic N) is 3. The van der Waals surface area contributed by atoms with Crippen LogP contribution >= 0.6 is 23.2 Å². The number of carbonyl (C=O) groups is 4. The molecule has 2 aromatic carbocycles. The summed E-state index contributed by atoms with van der Waals surface area (Å²) in [6.07, 6.45) is 3.45. The summed E-state index contributed by atoms with van der Waals surface area (Å²) in [6.45, 7) is 0. The molecule has 0 bridgehead atoms. The van der Waals surface area contributed by atoms with Crippen LogP contribution < -0.4 is 9.64 Å². The Morgan fingerprint density at radius 3 is 2.56 bits per heavy atom. The normalized spacial score (nSPS) is 32.8. The van der Waals surface area contributed by atoms with Crippen molar-refractivity contribution in [2.24, 2.45) is 23.7 Å². The largest absolute Gasteiger partial charge is 0.508 e. The van der Waals surface area contributed by atoms with Crippen LogP contribution in [0.4, 0.5) is 11.4 Å². The first-order valence-corrected chi connectivity index (χ1v) is 14.3. The SMILES string of the molecule is CN1C(=O)[C@]2(Cl)C[C@@H]3C(=CC[C@@H]4C(=O)N(c5cccc([N+](=O)[O-])c5)C(=O)[C@@H]43)[C@H](C3=COc4ccc(O)cc4C3)[C@]2(Cl)C1=O. The van der Waals surface area contributed by atoms with Gasteiger partial charge in [-0.2, -0.15) is 0 Å². The highest BCUT2D eigenvalue weighted by Gasteiger charge is 2.76. The van der Waals surface area contributed by atoms with Gasteiger partial charge < -0.3 is 9.84 Å². The van der Waals surface area contributed by atoms with Gasteiger partial charge in [0, 0.05) is 37.1 Å². The third kappa shape index (κ3) is 3.55. The number of non-ortho nitro benzene ring substituents is 1. The van der Waals surface area contributed by atoms with Crippen molar-refractivity contribution in [3.63, 3.8) is 0 Å². The monoisotopic (exact) mass is 623 g/mol. The molecule has 7 rings (SSSR count). The third-order valence-electron chi connectivity index (χ3n) is 9.46. The van der Waals surface area contributed by atoms with Gasteiger partial charge in [-0.15, -0.1) is 23.2 Å². The van der Waals surface area contributed by atoms with Gasteiger partial charge in [0.05, 0.1) is 28.7 Å². The van der Waals surface area contributed by atoms with Gasteiger partial charge in [0.15, 0.2) is 9.75 Å². The van der Waals surface area contributed by atoms with Crippen LogP contribution in [0.1, 0.15) is 18.4 Å². The maximum Gasteiger partial charge on any atom is 0.271 e. The number of fused-ring (bicyclic) bond motifs is 5. The van der Waals surface area contributed by atoms with E-state index < -0.39 is 62.0 Å². The van der Waals surface area contributed by atoms with E-state index in [0.717, 1.165) is 9.80 Å². The molecule has 6 atom stereocenters. The molecule has 0 unspecified atom stereocenters. The lowest BCUT2D eigenvalue weighted by molar-refractivity contribution is -0.384. The van der Waals surface area contributed by atoms with Gasteiger partial charge in [0.1, 0.15) is 11.5 Å². The number of hydrogen-bond donors (Lipinski definition) is 1. The summed E-state index contributed by atoms with van der Waals surface area (Å²) >= 11 is 14.4. The zero-order valence-electron chi connectivity index (χ0n) is 22.5. The molecule has 0 radical (unpaired) electrons. The van der Waals surface area contributed by atoms with Crippen molar-refractivity contribution >= 4 is 58.2 Å². The second-order valence-corrected chi connectivity index (χ2v) is 12.8. The summed E-state index contributed by atoms with van der Waals surface area (Å²) in [5.74, 6) is -5.42. The fourth-order valence-electron chi connectivity index (χ4n) is 7.56. The van der Waals surface area contributed by atoms with Crippen LogP contribution in [0.3, 0.4) is 0 Å². The number of rotatable bonds is 3. The first-order chi connectivity index (χ1) is 20.4. The van der Waals surface area contributed by atoms with Crippen LogP contribution in [0, 0.1) is 33.8 Å². The molecule has 0 spiro atoms. The number of nitro benzene ring substituents is 1. The molecule has 43 heavy (non-hydrogen) atoms. The maximum atomic E-state index is 14.1. The van der Waals surface area contributed by atoms with Gasteiger partial charge >= 0.3 is 0 Å². The Hall–Kier alpha value is -4.22. The number of phenols is 1. The number of aromatic hydroxyl groups is 1. The van der Waals surface area contributed by atoms with E-state index in [0.29, 0.717) is 22.5 Å². The first kappa shape index (κ1) is 27.6. The molecule has 2 saturated heterocycles. The number of amides is 4. The fraction of sp³-hybridized carbons (Fsp3) is 0.333. The molecular formula is C30H23Cl2N3O8. The van der Waals surface area contributed by atoms with Crippen molar-refractivity contribution < 1.29 is 33.9 Å². The Labute approximate surface area is 254 Å². The Morgan fingerprint density at radius 2 is 1.81 bits per heavy atom. The van der Waals surface area contributed by atoms with E-state index in [2.05, 4.69) is 0 Å². The highest BCUT2D eigenvalue weighted by Crippen LogP contribution is 2.64. The number of carbonyl (C=O) groups excluding carboxylic acids is 4. The molecule has 11 nitrogen and oxygen atoms in total. The van der Waals surface area contributed by atoms with Gasteiger partial charge in [-0.3, -0.25) is 34.2 Å². The predicted octanol–water partition coefficient (Wildman–Crippen LogP) is 3.85. The topological polar surface area (TPSA) is 147 Å². The van der Waals surface area contributed by atoms with Crippen LogP contribution in [-0.2, 0) is 25.6 Å². The number of likely N-dealkylation sites (tertiary alicyclic amines) is 1. The quantitative estimate of drug-likeness (QED) is 0.178. The standard InChI is InChI=1S/C30H23Cl2N3O8/c1-33-27(39)29(31)12-21-19(24(30(29,32)28(33)40)15-9-14-10-18(36)5-8-22(14)43-13-15)6-7-20-23(21)26(38)34(25(20)37)16-3-2-4-17(11-16)35(41)42/h2-6,8,10-11,13,20-21,23-24,36H,7,9,12H2,1H3/t20-,21+,23-,24-,29+,30-/m0/s1. The minimum absolute atomic E-state index is 0.0141. The van der Waals surface area contributed by atoms with E-state index in [1.54, 1.807) is 12.1 Å². The molecule has 2 aromatic rings. The predicted molar refractivity (Wildman–Crippen MR) is 152 cm³/mol. The second-order valence-electron chi connectivity index (χ2n) is 11.6. The minimum atomic E-state index is -1.95. The molecule has 2 aliphatic carbocycles. The molecule has 220 valence electrons. The average molecular weight is 624 g/mol. The Bertz CT molecular complexity index is 1760. The summed E-state index contributed by atoms with van der Waals surface area (Å²) in [6, 6.07) is 9.91. The van der Waals surface area contributed by atoms with Crippen molar-refractivity contribution in [1.29, 1.82) is 0 Å². The lowest BCUT2D eigenvalue weighted by Gasteiger charge is -2.51. The summed E-state index contributed by atoms with van der Waals surface area (Å²) < 4.78 is 5.87. The van der Waals surface area contributed by atoms with Crippen molar-refractivity contribution in [3.05, 3.63) is 81.6 Å². The lowest BCUT2D eigenvalue weighted by atomic mass is 9.56. The molecular weight excluding hydrogens is 601 g/mol. The molecule has 3 fully saturated rings. The molecule has 1 N–H and O–H groups in total. The minimum Gasteiger partial charge on any atom is -0.508 e. The van der Waals surface area contributed by atoms with Crippen molar-refractivity contribution in [2.45, 2.75) is 29.0 Å². The number of halogens is 2. The van der Waals surface area contributed by atoms with E-state index >= 15 is 0 Å². The molecule has 0 aromatic heterocycles. The summed E-state index contributed by atoms with van der Waals surface area (Å²) in [4.78, 5) is 63.8. The number of alkyl halides is 2. The number of benzene rings is 2. The Morgan fingerprint density at radius 1 is 1.05 bits per heavy atom. The third-order valence-corrected chi connectivity index (χ3v) is 10.9. The van der Waals surface area contributed by atoms with E-state index in [1.165, 1.54) is 49.7 Å². The van der Waals surface area contributed by atoms with E-state index in [4.69, 9.17) is 27.9 Å². The first-order valence-electron chi connectivity index (χ1n) is 13.6. The molecule has 13 heteroatoms. The van der Waals surface area contributed by atoms with Crippen molar-refractivity contribution in [1.82, 2.24) is 4.90 Å². The number of imide groups is 2. The second kappa shape index (κ2) is 9.14. The van der Waals surface area contributed by atoms with E-state index in [-0.39, 0.29) is 36.4 Å². The Balaban J connectivity index is 1.35. The van der Waals surface area contributed by atoms with E-state index in [9.17, 15) is 34.4 Å². The molecule has 4 amide bonds. The molecule has 3 heterocycles. The number of hydrogen-bond acceptors (Lipinski definition) is 8. The average Bonchev–Trinajstić information content (AvgIpc) is 3.31. The fourth-order valence-corrected chi connectivity index (χ4v) is 8.59. The van der Waals surface area contributed by atoms with Gasteiger partial charge in [-0.1, -0.05) is 17.7 Å². The van der Waals surface area contributed by atoms with Crippen LogP contribution in [0.25, 0.3) is 0 Å². The number of anilines is 1. The number of phenolic OH excluding ortho intramolecular Hbond substituents is 1. The van der Waals surface area contributed by atoms with Gasteiger partial charge in [-0.25, -0.2) is 4.90 Å².